The average Bonchev–Trinajstić information content (AvgIpc) is 2.31. The maximum Gasteiger partial charge on any atom is 0.241 e. The lowest BCUT2D eigenvalue weighted by Gasteiger charge is -2.17. The second-order valence-electron chi connectivity index (χ2n) is 4.15. The molecule has 0 bridgehead atoms. The van der Waals surface area contributed by atoms with Gasteiger partial charge in [0, 0.05) is 18.8 Å². The molecule has 0 aliphatic carbocycles. The summed E-state index contributed by atoms with van der Waals surface area (Å²) in [6.07, 6.45) is 0.661. The Morgan fingerprint density at radius 2 is 2.11 bits per heavy atom. The van der Waals surface area contributed by atoms with Gasteiger partial charge in [-0.3, -0.25) is 0 Å². The van der Waals surface area contributed by atoms with E-state index >= 15 is 0 Å². The van der Waals surface area contributed by atoms with Crippen LogP contribution in [0.4, 0.5) is 5.69 Å². The van der Waals surface area contributed by atoms with Gasteiger partial charge in [-0.25, -0.2) is 13.1 Å². The second kappa shape index (κ2) is 6.17. The van der Waals surface area contributed by atoms with Crippen LogP contribution in [0.1, 0.15) is 18.9 Å². The number of ether oxygens (including phenoxy) is 1. The van der Waals surface area contributed by atoms with Crippen LogP contribution in [0.5, 0.6) is 0 Å². The number of nitrogen functional groups attached to an aromatic ring is 1. The van der Waals surface area contributed by atoms with Gasteiger partial charge in [0.2, 0.25) is 10.0 Å². The number of hydrogen-bond acceptors (Lipinski definition) is 4. The zero-order valence-electron chi connectivity index (χ0n) is 10.9. The van der Waals surface area contributed by atoms with Crippen LogP contribution in [-0.4, -0.2) is 28.2 Å². The number of anilines is 1. The smallest absolute Gasteiger partial charge is 0.241 e. The van der Waals surface area contributed by atoms with Crippen LogP contribution in [0, 0.1) is 6.92 Å². The fourth-order valence-corrected chi connectivity index (χ4v) is 3.22. The lowest BCUT2D eigenvalue weighted by Crippen LogP contribution is -2.37. The van der Waals surface area contributed by atoms with E-state index in [4.69, 9.17) is 10.5 Å². The molecule has 1 unspecified atom stereocenters. The van der Waals surface area contributed by atoms with Gasteiger partial charge in [0.25, 0.3) is 0 Å². The average molecular weight is 272 g/mol. The van der Waals surface area contributed by atoms with Gasteiger partial charge in [-0.15, -0.1) is 0 Å². The lowest BCUT2D eigenvalue weighted by molar-refractivity contribution is 0.173. The maximum absolute atomic E-state index is 12.2. The maximum atomic E-state index is 12.2. The molecule has 18 heavy (non-hydrogen) atoms. The quantitative estimate of drug-likeness (QED) is 0.764. The number of nitrogens with two attached hydrogens (primary N) is 1. The number of sulfonamides is 1. The minimum absolute atomic E-state index is 0.219. The summed E-state index contributed by atoms with van der Waals surface area (Å²) in [6, 6.07) is 4.63. The van der Waals surface area contributed by atoms with Crippen molar-refractivity contribution in [2.75, 3.05) is 19.5 Å². The minimum atomic E-state index is -3.56. The largest absolute Gasteiger partial charge is 0.398 e. The van der Waals surface area contributed by atoms with Crippen molar-refractivity contribution >= 4 is 15.7 Å². The fraction of sp³-hybridized carbons (Fsp3) is 0.500. The first-order valence-corrected chi connectivity index (χ1v) is 7.27. The molecular formula is C12H20N2O3S. The van der Waals surface area contributed by atoms with Crippen molar-refractivity contribution in [1.29, 1.82) is 0 Å². The highest BCUT2D eigenvalue weighted by molar-refractivity contribution is 7.89. The highest BCUT2D eigenvalue weighted by Crippen LogP contribution is 2.20. The fourth-order valence-electron chi connectivity index (χ4n) is 1.64. The van der Waals surface area contributed by atoms with Gasteiger partial charge in [-0.05, 0) is 31.0 Å². The molecule has 1 aromatic rings. The Morgan fingerprint density at radius 1 is 1.44 bits per heavy atom. The molecule has 1 rings (SSSR count). The first-order chi connectivity index (χ1) is 8.42. The summed E-state index contributed by atoms with van der Waals surface area (Å²) >= 11 is 0. The molecule has 0 radical (unpaired) electrons. The number of methoxy groups -OCH3 is 1. The summed E-state index contributed by atoms with van der Waals surface area (Å²) in [5.74, 6) is 0. The molecule has 0 heterocycles. The third-order valence-corrected chi connectivity index (χ3v) is 4.46. The molecule has 1 atom stereocenters. The van der Waals surface area contributed by atoms with Crippen LogP contribution < -0.4 is 10.5 Å². The summed E-state index contributed by atoms with van der Waals surface area (Å²) in [7, 11) is -2.01. The highest BCUT2D eigenvalue weighted by Gasteiger charge is 2.21. The van der Waals surface area contributed by atoms with Gasteiger partial charge in [0.15, 0.2) is 0 Å². The Labute approximate surface area is 108 Å². The molecule has 0 fully saturated rings. The van der Waals surface area contributed by atoms with Crippen LogP contribution in [0.2, 0.25) is 0 Å². The molecule has 0 aliphatic rings. The molecule has 0 spiro atoms. The van der Waals surface area contributed by atoms with Crippen molar-refractivity contribution in [2.24, 2.45) is 0 Å². The van der Waals surface area contributed by atoms with E-state index in [1.807, 2.05) is 6.92 Å². The predicted octanol–water partition coefficient (Wildman–Crippen LogP) is 1.28. The van der Waals surface area contributed by atoms with E-state index in [0.29, 0.717) is 24.3 Å². The van der Waals surface area contributed by atoms with Crippen LogP contribution in [0.25, 0.3) is 0 Å². The summed E-state index contributed by atoms with van der Waals surface area (Å²) in [5, 5.41) is 0. The molecule has 0 aromatic heterocycles. The Kier molecular flexibility index (Phi) is 5.13. The van der Waals surface area contributed by atoms with Crippen molar-refractivity contribution in [3.63, 3.8) is 0 Å². The molecule has 102 valence electrons. The highest BCUT2D eigenvalue weighted by atomic mass is 32.2. The molecule has 0 saturated heterocycles. The minimum Gasteiger partial charge on any atom is -0.398 e. The van der Waals surface area contributed by atoms with Gasteiger partial charge in [-0.2, -0.15) is 0 Å². The van der Waals surface area contributed by atoms with E-state index in [-0.39, 0.29) is 10.9 Å². The van der Waals surface area contributed by atoms with E-state index in [1.165, 1.54) is 0 Å². The first-order valence-electron chi connectivity index (χ1n) is 5.78. The third kappa shape index (κ3) is 3.44. The van der Waals surface area contributed by atoms with Gasteiger partial charge in [0.1, 0.15) is 0 Å². The Morgan fingerprint density at radius 3 is 2.67 bits per heavy atom. The first kappa shape index (κ1) is 14.9. The van der Waals surface area contributed by atoms with Crippen molar-refractivity contribution in [3.05, 3.63) is 23.8 Å². The van der Waals surface area contributed by atoms with E-state index in [9.17, 15) is 8.42 Å². The zero-order valence-corrected chi connectivity index (χ0v) is 11.8. The third-order valence-electron chi connectivity index (χ3n) is 2.80. The van der Waals surface area contributed by atoms with Crippen molar-refractivity contribution in [3.8, 4) is 0 Å². The summed E-state index contributed by atoms with van der Waals surface area (Å²) < 4.78 is 32.1. The second-order valence-corrected chi connectivity index (χ2v) is 5.83. The van der Waals surface area contributed by atoms with Gasteiger partial charge in [-0.1, -0.05) is 13.0 Å². The topological polar surface area (TPSA) is 81.4 Å². The van der Waals surface area contributed by atoms with Crippen LogP contribution in [0.15, 0.2) is 23.1 Å². The molecule has 6 heteroatoms. The van der Waals surface area contributed by atoms with Crippen LogP contribution >= 0.6 is 0 Å². The van der Waals surface area contributed by atoms with Crippen molar-refractivity contribution < 1.29 is 13.2 Å². The molecule has 0 aliphatic heterocycles. The van der Waals surface area contributed by atoms with Gasteiger partial charge in [0.05, 0.1) is 11.5 Å². The van der Waals surface area contributed by atoms with E-state index < -0.39 is 10.0 Å². The number of benzene rings is 1. The zero-order chi connectivity index (χ0) is 13.8. The standard InChI is InChI=1S/C12H20N2O3S/c1-4-10(8-17-3)14-18(15,16)12-7-5-6-11(13)9(12)2/h5-7,10,14H,4,8,13H2,1-3H3. The summed E-state index contributed by atoms with van der Waals surface area (Å²) in [5.41, 5.74) is 6.76. The number of nitrogens with one attached hydrogen (secondary N) is 1. The van der Waals surface area contributed by atoms with Crippen molar-refractivity contribution in [2.45, 2.75) is 31.2 Å². The number of hydrogen-bond donors (Lipinski definition) is 2. The molecule has 0 amide bonds. The number of rotatable bonds is 6. The van der Waals surface area contributed by atoms with Gasteiger partial charge >= 0.3 is 0 Å². The van der Waals surface area contributed by atoms with E-state index in [2.05, 4.69) is 4.72 Å². The van der Waals surface area contributed by atoms with E-state index in [1.54, 1.807) is 32.2 Å². The molecule has 5 nitrogen and oxygen atoms in total. The lowest BCUT2D eigenvalue weighted by atomic mass is 10.2. The molecule has 3 N–H and O–H groups in total. The van der Waals surface area contributed by atoms with Crippen LogP contribution in [0.3, 0.4) is 0 Å². The predicted molar refractivity (Wildman–Crippen MR) is 71.9 cm³/mol. The van der Waals surface area contributed by atoms with E-state index in [0.717, 1.165) is 0 Å². The van der Waals surface area contributed by atoms with Gasteiger partial charge < -0.3 is 10.5 Å². The van der Waals surface area contributed by atoms with Crippen LogP contribution in [-0.2, 0) is 14.8 Å². The monoisotopic (exact) mass is 272 g/mol. The Balaban J connectivity index is 3.03. The summed E-state index contributed by atoms with van der Waals surface area (Å²) in [4.78, 5) is 0.219. The molecular weight excluding hydrogens is 252 g/mol. The summed E-state index contributed by atoms with van der Waals surface area (Å²) in [6.45, 7) is 3.94. The van der Waals surface area contributed by atoms with Crippen molar-refractivity contribution in [1.82, 2.24) is 4.72 Å². The SMILES string of the molecule is CCC(COC)NS(=O)(=O)c1cccc(N)c1C. The Bertz CT molecular complexity index is 500. The molecule has 0 saturated carbocycles. The normalized spacial score (nSPS) is 13.5. The molecule has 1 aromatic carbocycles. The Hall–Kier alpha value is -1.11.